The molecule has 1 rings (SSSR count). The zero-order valence-electron chi connectivity index (χ0n) is 7.16. The van der Waals surface area contributed by atoms with Gasteiger partial charge in [0.15, 0.2) is 6.29 Å². The molecule has 0 aromatic carbocycles. The molecule has 0 radical (unpaired) electrons. The van der Waals surface area contributed by atoms with Crippen molar-refractivity contribution in [1.82, 2.24) is 0 Å². The van der Waals surface area contributed by atoms with Gasteiger partial charge in [-0.25, -0.2) is 0 Å². The van der Waals surface area contributed by atoms with Crippen molar-refractivity contribution >= 4 is 0 Å². The molecule has 0 aromatic heterocycles. The molecule has 1 unspecified atom stereocenters. The number of rotatable bonds is 1. The Morgan fingerprint density at radius 3 is 2.31 bits per heavy atom. The minimum absolute atomic E-state index is 0.548. The molecule has 5 atom stereocenters. The summed E-state index contributed by atoms with van der Waals surface area (Å²) in [6, 6.07) is 0. The molecule has 1 fully saturated rings. The van der Waals surface area contributed by atoms with Crippen molar-refractivity contribution in [3.05, 3.63) is 0 Å². The van der Waals surface area contributed by atoms with Crippen molar-refractivity contribution in [3.8, 4) is 0 Å². The molecule has 1 aliphatic rings. The van der Waals surface area contributed by atoms with E-state index in [-0.39, 0.29) is 0 Å². The van der Waals surface area contributed by atoms with Gasteiger partial charge in [-0.05, 0) is 6.92 Å². The maximum absolute atomic E-state index is 9.58. The molecular formula is C7H14O6. The fourth-order valence-corrected chi connectivity index (χ4v) is 1.31. The summed E-state index contributed by atoms with van der Waals surface area (Å²) >= 11 is 0. The van der Waals surface area contributed by atoms with Gasteiger partial charge in [-0.1, -0.05) is 0 Å². The average Bonchev–Trinajstić information content (AvgIpc) is 2.08. The van der Waals surface area contributed by atoms with Gasteiger partial charge in [-0.15, -0.1) is 0 Å². The predicted molar refractivity (Wildman–Crippen MR) is 40.6 cm³/mol. The van der Waals surface area contributed by atoms with Gasteiger partial charge in [0.05, 0.1) is 6.61 Å². The quantitative estimate of drug-likeness (QED) is 0.308. The van der Waals surface area contributed by atoms with Gasteiger partial charge in [0, 0.05) is 0 Å². The lowest BCUT2D eigenvalue weighted by Crippen LogP contribution is -2.65. The van der Waals surface area contributed by atoms with E-state index in [4.69, 9.17) is 15.3 Å². The third kappa shape index (κ3) is 1.69. The Hall–Kier alpha value is -0.240. The van der Waals surface area contributed by atoms with Crippen molar-refractivity contribution < 1.29 is 30.3 Å². The maximum Gasteiger partial charge on any atom is 0.184 e. The van der Waals surface area contributed by atoms with Crippen LogP contribution in [0.15, 0.2) is 0 Å². The van der Waals surface area contributed by atoms with Crippen molar-refractivity contribution in [1.29, 1.82) is 0 Å². The van der Waals surface area contributed by atoms with E-state index in [9.17, 15) is 10.2 Å². The van der Waals surface area contributed by atoms with E-state index >= 15 is 0 Å². The van der Waals surface area contributed by atoms with E-state index in [1.165, 1.54) is 6.92 Å². The van der Waals surface area contributed by atoms with E-state index in [1.54, 1.807) is 0 Å². The molecule has 1 saturated heterocycles. The summed E-state index contributed by atoms with van der Waals surface area (Å²) in [6.07, 6.45) is -5.82. The van der Waals surface area contributed by atoms with Gasteiger partial charge in [0.2, 0.25) is 0 Å². The fourth-order valence-electron chi connectivity index (χ4n) is 1.31. The number of hydrogen-bond acceptors (Lipinski definition) is 6. The Bertz CT molecular complexity index is 178. The molecule has 0 aromatic rings. The van der Waals surface area contributed by atoms with E-state index in [1.807, 2.05) is 0 Å². The second-order valence-corrected chi connectivity index (χ2v) is 3.36. The molecule has 0 aliphatic carbocycles. The van der Waals surface area contributed by atoms with Crippen molar-refractivity contribution in [2.75, 3.05) is 6.61 Å². The van der Waals surface area contributed by atoms with Gasteiger partial charge in [-0.2, -0.15) is 0 Å². The number of aliphatic hydroxyl groups is 5. The predicted octanol–water partition coefficient (Wildman–Crippen LogP) is -2.83. The maximum atomic E-state index is 9.58. The Balaban J connectivity index is 2.82. The first kappa shape index (κ1) is 10.8. The molecule has 1 heterocycles. The summed E-state index contributed by atoms with van der Waals surface area (Å²) in [5.74, 6) is 0. The Labute approximate surface area is 75.0 Å². The monoisotopic (exact) mass is 194 g/mol. The van der Waals surface area contributed by atoms with Gasteiger partial charge in [-0.3, -0.25) is 0 Å². The molecule has 0 saturated carbocycles. The van der Waals surface area contributed by atoms with Crippen LogP contribution in [0.3, 0.4) is 0 Å². The third-order valence-corrected chi connectivity index (χ3v) is 2.34. The smallest absolute Gasteiger partial charge is 0.184 e. The van der Waals surface area contributed by atoms with Gasteiger partial charge in [0.25, 0.3) is 0 Å². The van der Waals surface area contributed by atoms with Crippen LogP contribution >= 0.6 is 0 Å². The van der Waals surface area contributed by atoms with Crippen LogP contribution in [0.1, 0.15) is 6.92 Å². The van der Waals surface area contributed by atoms with Crippen LogP contribution in [0.2, 0.25) is 0 Å². The fraction of sp³-hybridized carbons (Fsp3) is 1.00. The van der Waals surface area contributed by atoms with Crippen LogP contribution in [-0.2, 0) is 4.74 Å². The molecule has 6 nitrogen and oxygen atoms in total. The molecular weight excluding hydrogens is 180 g/mol. The zero-order chi connectivity index (χ0) is 10.2. The first-order chi connectivity index (χ1) is 5.91. The molecule has 0 bridgehead atoms. The minimum Gasteiger partial charge on any atom is -0.394 e. The highest BCUT2D eigenvalue weighted by atomic mass is 16.6. The van der Waals surface area contributed by atoms with E-state index < -0.39 is 36.8 Å². The molecule has 0 spiro atoms. The summed E-state index contributed by atoms with van der Waals surface area (Å²) in [5, 5.41) is 45.8. The molecule has 1 aliphatic heterocycles. The number of hydrogen-bond donors (Lipinski definition) is 5. The second kappa shape index (κ2) is 3.49. The van der Waals surface area contributed by atoms with Crippen LogP contribution < -0.4 is 0 Å². The molecule has 5 N–H and O–H groups in total. The minimum atomic E-state index is -1.77. The molecule has 0 amide bonds. The SMILES string of the molecule is C[C@@]1(O)[C@H](O)[C@@H](O)C(O)O[C@@H]1CO. The van der Waals surface area contributed by atoms with Crippen molar-refractivity contribution in [2.24, 2.45) is 0 Å². The third-order valence-electron chi connectivity index (χ3n) is 2.34. The van der Waals surface area contributed by atoms with Gasteiger partial charge < -0.3 is 30.3 Å². The Kier molecular flexibility index (Phi) is 2.91. The van der Waals surface area contributed by atoms with Crippen LogP contribution in [0.25, 0.3) is 0 Å². The lowest BCUT2D eigenvalue weighted by atomic mass is 9.86. The average molecular weight is 194 g/mol. The first-order valence-electron chi connectivity index (χ1n) is 3.94. The van der Waals surface area contributed by atoms with Gasteiger partial charge >= 0.3 is 0 Å². The highest BCUT2D eigenvalue weighted by Crippen LogP contribution is 2.28. The lowest BCUT2D eigenvalue weighted by molar-refractivity contribution is -0.316. The molecule has 13 heavy (non-hydrogen) atoms. The van der Waals surface area contributed by atoms with E-state index in [2.05, 4.69) is 4.74 Å². The zero-order valence-corrected chi connectivity index (χ0v) is 7.16. The number of ether oxygens (including phenoxy) is 1. The first-order valence-corrected chi connectivity index (χ1v) is 3.94. The topological polar surface area (TPSA) is 110 Å². The summed E-state index contributed by atoms with van der Waals surface area (Å²) in [5.41, 5.74) is -1.77. The lowest BCUT2D eigenvalue weighted by Gasteiger charge is -2.44. The van der Waals surface area contributed by atoms with E-state index in [0.717, 1.165) is 0 Å². The van der Waals surface area contributed by atoms with Crippen LogP contribution in [0.4, 0.5) is 0 Å². The second-order valence-electron chi connectivity index (χ2n) is 3.36. The van der Waals surface area contributed by atoms with Crippen LogP contribution in [-0.4, -0.2) is 62.3 Å². The standard InChI is InChI=1S/C7H14O6/c1-7(12)3(2-8)13-6(11)4(9)5(7)10/h3-6,8-12H,2H2,1H3/t3-,4-,5-,6?,7+/m1/s1. The van der Waals surface area contributed by atoms with Crippen molar-refractivity contribution in [3.63, 3.8) is 0 Å². The highest BCUT2D eigenvalue weighted by molar-refractivity contribution is 4.98. The molecule has 78 valence electrons. The molecule has 6 heteroatoms. The summed E-state index contributed by atoms with van der Waals surface area (Å²) < 4.78 is 4.68. The van der Waals surface area contributed by atoms with Crippen LogP contribution in [0, 0.1) is 0 Å². The summed E-state index contributed by atoms with van der Waals surface area (Å²) in [4.78, 5) is 0. The normalized spacial score (nSPS) is 52.2. The summed E-state index contributed by atoms with van der Waals surface area (Å²) in [6.45, 7) is 0.668. The van der Waals surface area contributed by atoms with Gasteiger partial charge in [0.1, 0.15) is 23.9 Å². The van der Waals surface area contributed by atoms with Crippen LogP contribution in [0.5, 0.6) is 0 Å². The largest absolute Gasteiger partial charge is 0.394 e. The van der Waals surface area contributed by atoms with E-state index in [0.29, 0.717) is 0 Å². The van der Waals surface area contributed by atoms with Crippen molar-refractivity contribution in [2.45, 2.75) is 37.1 Å². The summed E-state index contributed by atoms with van der Waals surface area (Å²) in [7, 11) is 0. The Morgan fingerprint density at radius 2 is 1.85 bits per heavy atom. The Morgan fingerprint density at radius 1 is 1.31 bits per heavy atom. The number of aliphatic hydroxyl groups excluding tert-OH is 4. The highest BCUT2D eigenvalue weighted by Gasteiger charge is 2.51.